The lowest BCUT2D eigenvalue weighted by atomic mass is 9.87. The second-order valence-corrected chi connectivity index (χ2v) is 9.18. The molecule has 0 aliphatic carbocycles. The minimum atomic E-state index is -0.696. The number of hydrogen-bond acceptors (Lipinski definition) is 5. The predicted molar refractivity (Wildman–Crippen MR) is 115 cm³/mol. The zero-order chi connectivity index (χ0) is 21.1. The molecule has 0 bridgehead atoms. The zero-order valence-electron chi connectivity index (χ0n) is 17.4. The number of nitrogens with zero attached hydrogens (tertiary/aromatic N) is 3. The van der Waals surface area contributed by atoms with Gasteiger partial charge in [-0.05, 0) is 32.7 Å². The van der Waals surface area contributed by atoms with Crippen LogP contribution in [-0.4, -0.2) is 35.9 Å². The molecule has 0 atom stereocenters. The van der Waals surface area contributed by atoms with Crippen LogP contribution in [0, 0.1) is 23.7 Å². The third-order valence-electron chi connectivity index (χ3n) is 4.29. The first kappa shape index (κ1) is 21.8. The maximum Gasteiger partial charge on any atom is 0.269 e. The van der Waals surface area contributed by atoms with E-state index in [0.29, 0.717) is 22.3 Å². The number of Topliss-reactive ketones (excluding diaryl/α,β-unsaturated/α-hetero) is 1. The highest BCUT2D eigenvalue weighted by molar-refractivity contribution is 7.07. The van der Waals surface area contributed by atoms with Gasteiger partial charge >= 0.3 is 0 Å². The highest BCUT2D eigenvalue weighted by Crippen LogP contribution is 2.19. The summed E-state index contributed by atoms with van der Waals surface area (Å²) < 4.78 is 2.52. The standard InChI is InChI=1S/C22H27N3O2S/c1-15-7-9-16(10-8-15)13-18-20(27)25(12-11-24(5)6)21(28-18)17(14-23)19(26)22(2,3)4/h7-10,13H,11-12H2,1-6H3/b18-13+,21-17-. The van der Waals surface area contributed by atoms with E-state index < -0.39 is 5.41 Å². The molecule has 2 rings (SSSR count). The van der Waals surface area contributed by atoms with Gasteiger partial charge in [0.25, 0.3) is 5.56 Å². The molecular formula is C22H27N3O2S. The van der Waals surface area contributed by atoms with Crippen LogP contribution in [0.5, 0.6) is 0 Å². The normalized spacial score (nSPS) is 13.6. The number of carbonyl (C=O) groups is 1. The van der Waals surface area contributed by atoms with Gasteiger partial charge in [0.1, 0.15) is 16.3 Å². The van der Waals surface area contributed by atoms with Crippen LogP contribution >= 0.6 is 11.3 Å². The van der Waals surface area contributed by atoms with Gasteiger partial charge in [-0.1, -0.05) is 50.6 Å². The lowest BCUT2D eigenvalue weighted by molar-refractivity contribution is -0.120. The van der Waals surface area contributed by atoms with Crippen LogP contribution in [0.4, 0.5) is 0 Å². The van der Waals surface area contributed by atoms with Gasteiger partial charge in [-0.2, -0.15) is 5.26 Å². The van der Waals surface area contributed by atoms with Gasteiger partial charge in [-0.15, -0.1) is 11.3 Å². The van der Waals surface area contributed by atoms with Crippen molar-refractivity contribution in [2.75, 3.05) is 20.6 Å². The second kappa shape index (κ2) is 8.68. The lowest BCUT2D eigenvalue weighted by Crippen LogP contribution is -2.37. The summed E-state index contributed by atoms with van der Waals surface area (Å²) in [5, 5.41) is 9.70. The van der Waals surface area contributed by atoms with E-state index in [4.69, 9.17) is 0 Å². The van der Waals surface area contributed by atoms with Crippen LogP contribution in [0.25, 0.3) is 11.6 Å². The van der Waals surface area contributed by atoms with Crippen LogP contribution in [0.2, 0.25) is 0 Å². The first-order chi connectivity index (χ1) is 13.0. The first-order valence-corrected chi connectivity index (χ1v) is 9.98. The molecule has 5 nitrogen and oxygen atoms in total. The molecule has 0 fully saturated rings. The van der Waals surface area contributed by atoms with Crippen LogP contribution in [0.15, 0.2) is 29.1 Å². The number of rotatable bonds is 5. The Morgan fingerprint density at radius 2 is 1.86 bits per heavy atom. The topological polar surface area (TPSA) is 66.1 Å². The number of nitriles is 1. The molecule has 0 unspecified atom stereocenters. The smallest absolute Gasteiger partial charge is 0.269 e. The fraction of sp³-hybridized carbons (Fsp3) is 0.409. The summed E-state index contributed by atoms with van der Waals surface area (Å²) in [6, 6.07) is 9.93. The molecule has 148 valence electrons. The number of aryl methyl sites for hydroxylation is 1. The Morgan fingerprint density at radius 1 is 1.25 bits per heavy atom. The van der Waals surface area contributed by atoms with Gasteiger partial charge < -0.3 is 4.90 Å². The molecule has 1 aromatic carbocycles. The molecule has 0 saturated carbocycles. The monoisotopic (exact) mass is 397 g/mol. The van der Waals surface area contributed by atoms with Crippen LogP contribution < -0.4 is 14.8 Å². The van der Waals surface area contributed by atoms with E-state index >= 15 is 0 Å². The summed E-state index contributed by atoms with van der Waals surface area (Å²) in [7, 11) is 3.84. The molecule has 0 saturated heterocycles. The first-order valence-electron chi connectivity index (χ1n) is 9.16. The maximum absolute atomic E-state index is 13.1. The number of likely N-dealkylation sites (N-methyl/N-ethyl adjacent to an activating group) is 1. The summed E-state index contributed by atoms with van der Waals surface area (Å²) in [6.07, 6.45) is 1.82. The van der Waals surface area contributed by atoms with E-state index in [2.05, 4.69) is 6.07 Å². The largest absolute Gasteiger partial charge is 0.308 e. The van der Waals surface area contributed by atoms with Crippen molar-refractivity contribution in [3.05, 3.63) is 54.9 Å². The van der Waals surface area contributed by atoms with E-state index in [1.54, 1.807) is 25.3 Å². The van der Waals surface area contributed by atoms with Crippen molar-refractivity contribution < 1.29 is 4.79 Å². The Balaban J connectivity index is 2.79. The van der Waals surface area contributed by atoms with Crippen molar-refractivity contribution in [2.24, 2.45) is 5.41 Å². The summed E-state index contributed by atoms with van der Waals surface area (Å²) >= 11 is 1.21. The molecule has 0 spiro atoms. The summed E-state index contributed by atoms with van der Waals surface area (Å²) in [6.45, 7) is 8.40. The van der Waals surface area contributed by atoms with Gasteiger partial charge in [0, 0.05) is 18.5 Å². The molecule has 6 heteroatoms. The molecule has 1 heterocycles. The zero-order valence-corrected chi connectivity index (χ0v) is 18.2. The summed E-state index contributed by atoms with van der Waals surface area (Å²) in [5.74, 6) is -0.253. The molecule has 2 aromatic rings. The van der Waals surface area contributed by atoms with Gasteiger partial charge in [0.2, 0.25) is 0 Å². The lowest BCUT2D eigenvalue weighted by Gasteiger charge is -2.15. The van der Waals surface area contributed by atoms with Crippen LogP contribution in [0.3, 0.4) is 0 Å². The van der Waals surface area contributed by atoms with Gasteiger partial charge in [0.05, 0.1) is 4.53 Å². The van der Waals surface area contributed by atoms with E-state index in [0.717, 1.165) is 11.1 Å². The Bertz CT molecular complexity index is 1080. The fourth-order valence-electron chi connectivity index (χ4n) is 2.59. The van der Waals surface area contributed by atoms with Gasteiger partial charge in [0.15, 0.2) is 5.78 Å². The Kier molecular flexibility index (Phi) is 6.76. The van der Waals surface area contributed by atoms with E-state index in [-0.39, 0.29) is 16.9 Å². The highest BCUT2D eigenvalue weighted by Gasteiger charge is 2.27. The molecule has 0 radical (unpaired) electrons. The minimum absolute atomic E-state index is 0.0527. The minimum Gasteiger partial charge on any atom is -0.308 e. The van der Waals surface area contributed by atoms with E-state index in [9.17, 15) is 14.9 Å². The second-order valence-electron chi connectivity index (χ2n) is 8.15. The molecule has 0 aliphatic rings. The molecule has 28 heavy (non-hydrogen) atoms. The predicted octanol–water partition coefficient (Wildman–Crippen LogP) is 1.90. The van der Waals surface area contributed by atoms with Crippen molar-refractivity contribution in [3.8, 4) is 6.07 Å². The van der Waals surface area contributed by atoms with Crippen LogP contribution in [0.1, 0.15) is 31.9 Å². The molecule has 1 aromatic heterocycles. The summed E-state index contributed by atoms with van der Waals surface area (Å²) in [5.41, 5.74) is 1.24. The Morgan fingerprint density at radius 3 is 2.36 bits per heavy atom. The SMILES string of the molecule is Cc1ccc(/C=c2/s/c(=C(/C#N)C(=O)C(C)(C)C)n(CCN(C)C)c2=O)cc1. The third kappa shape index (κ3) is 5.06. The van der Waals surface area contributed by atoms with Crippen LogP contribution in [-0.2, 0) is 11.3 Å². The van der Waals surface area contributed by atoms with Crippen molar-refractivity contribution in [1.82, 2.24) is 9.47 Å². The highest BCUT2D eigenvalue weighted by atomic mass is 32.1. The fourth-order valence-corrected chi connectivity index (χ4v) is 3.72. The number of aromatic nitrogens is 1. The van der Waals surface area contributed by atoms with Gasteiger partial charge in [-0.3, -0.25) is 14.2 Å². The Hall–Kier alpha value is -2.49. The van der Waals surface area contributed by atoms with E-state index in [1.165, 1.54) is 11.3 Å². The van der Waals surface area contributed by atoms with Crippen molar-refractivity contribution in [1.29, 1.82) is 5.26 Å². The van der Waals surface area contributed by atoms with E-state index in [1.807, 2.05) is 56.3 Å². The molecular weight excluding hydrogens is 370 g/mol. The molecule has 0 amide bonds. The molecule has 0 N–H and O–H groups in total. The third-order valence-corrected chi connectivity index (χ3v) is 5.42. The number of thiazole rings is 1. The van der Waals surface area contributed by atoms with Gasteiger partial charge in [-0.25, -0.2) is 0 Å². The quantitative estimate of drug-likeness (QED) is 0.773. The average Bonchev–Trinajstić information content (AvgIpc) is 2.90. The number of ketones is 1. The van der Waals surface area contributed by atoms with Crippen molar-refractivity contribution in [2.45, 2.75) is 34.2 Å². The average molecular weight is 398 g/mol. The summed E-state index contributed by atoms with van der Waals surface area (Å²) in [4.78, 5) is 27.8. The maximum atomic E-state index is 13.1. The molecule has 0 aliphatic heterocycles. The Labute approximate surface area is 169 Å². The number of hydrogen-bond donors (Lipinski definition) is 0. The number of benzene rings is 1. The van der Waals surface area contributed by atoms with Crippen molar-refractivity contribution >= 4 is 28.8 Å². The number of carbonyl (C=O) groups excluding carboxylic acids is 1. The van der Waals surface area contributed by atoms with Crippen molar-refractivity contribution in [3.63, 3.8) is 0 Å².